The summed E-state index contributed by atoms with van der Waals surface area (Å²) in [6.07, 6.45) is 0.858. The second-order valence-corrected chi connectivity index (χ2v) is 5.92. The fraction of sp³-hybridized carbons (Fsp3) is 0.444. The van der Waals surface area contributed by atoms with Gasteiger partial charge in [-0.3, -0.25) is 0 Å². The number of amides is 2. The number of rotatable bonds is 7. The van der Waals surface area contributed by atoms with E-state index < -0.39 is 0 Å². The summed E-state index contributed by atoms with van der Waals surface area (Å²) in [5, 5.41) is 13.1. The number of anilines is 1. The molecule has 0 saturated carbocycles. The van der Waals surface area contributed by atoms with Gasteiger partial charge in [-0.25, -0.2) is 9.78 Å². The van der Waals surface area contributed by atoms with Gasteiger partial charge in [0, 0.05) is 39.1 Å². The van der Waals surface area contributed by atoms with Crippen molar-refractivity contribution in [3.63, 3.8) is 0 Å². The van der Waals surface area contributed by atoms with Gasteiger partial charge < -0.3 is 20.2 Å². The Morgan fingerprint density at radius 1 is 1.25 bits per heavy atom. The Morgan fingerprint density at radius 2 is 2.00 bits per heavy atom. The Bertz CT molecular complexity index is 682. The number of hydrogen-bond donors (Lipinski definition) is 2. The number of nitrogens with zero attached hydrogens (tertiary/aromatic N) is 3. The van der Waals surface area contributed by atoms with E-state index in [1.54, 1.807) is 4.90 Å². The highest BCUT2D eigenvalue weighted by Gasteiger charge is 2.13. The van der Waals surface area contributed by atoms with Crippen LogP contribution in [-0.4, -0.2) is 54.8 Å². The van der Waals surface area contributed by atoms with Crippen molar-refractivity contribution in [3.05, 3.63) is 35.9 Å². The van der Waals surface area contributed by atoms with Crippen molar-refractivity contribution in [3.8, 4) is 0 Å². The van der Waals surface area contributed by atoms with Gasteiger partial charge in [-0.15, -0.1) is 0 Å². The SMILES string of the molecule is CCCN(CCO)C(=O)NCc1cc(N(C)C)nc2ccccc12. The fourth-order valence-corrected chi connectivity index (χ4v) is 2.60. The summed E-state index contributed by atoms with van der Waals surface area (Å²) in [4.78, 5) is 20.5. The Balaban J connectivity index is 2.20. The van der Waals surface area contributed by atoms with Crippen LogP contribution in [0.1, 0.15) is 18.9 Å². The van der Waals surface area contributed by atoms with Crippen molar-refractivity contribution in [1.82, 2.24) is 15.2 Å². The van der Waals surface area contributed by atoms with E-state index in [1.807, 2.05) is 56.3 Å². The minimum absolute atomic E-state index is 0.0314. The first-order chi connectivity index (χ1) is 11.6. The minimum Gasteiger partial charge on any atom is -0.395 e. The number of aliphatic hydroxyl groups excluding tert-OH is 1. The largest absolute Gasteiger partial charge is 0.395 e. The lowest BCUT2D eigenvalue weighted by atomic mass is 10.1. The standard InChI is InChI=1S/C18H26N4O2/c1-4-9-22(10-11-23)18(24)19-13-14-12-17(21(2)3)20-16-8-6-5-7-15(14)16/h5-8,12,23H,4,9-11,13H2,1-3H3,(H,19,24). The molecular weight excluding hydrogens is 304 g/mol. The molecule has 1 aromatic carbocycles. The first-order valence-corrected chi connectivity index (χ1v) is 8.26. The van der Waals surface area contributed by atoms with Gasteiger partial charge in [-0.1, -0.05) is 25.1 Å². The normalized spacial score (nSPS) is 10.7. The first-order valence-electron chi connectivity index (χ1n) is 8.26. The molecule has 0 radical (unpaired) electrons. The number of pyridine rings is 1. The zero-order valence-corrected chi connectivity index (χ0v) is 14.6. The summed E-state index contributed by atoms with van der Waals surface area (Å²) in [7, 11) is 3.90. The molecule has 2 rings (SSSR count). The molecule has 0 spiro atoms. The molecule has 24 heavy (non-hydrogen) atoms. The number of benzene rings is 1. The predicted octanol–water partition coefficient (Wildman–Crippen LogP) is 2.21. The maximum Gasteiger partial charge on any atom is 0.317 e. The molecule has 0 atom stereocenters. The number of para-hydroxylation sites is 1. The first kappa shape index (κ1) is 18.0. The summed E-state index contributed by atoms with van der Waals surface area (Å²) in [6, 6.07) is 9.77. The lowest BCUT2D eigenvalue weighted by Gasteiger charge is -2.22. The minimum atomic E-state index is -0.154. The molecule has 0 fully saturated rings. The van der Waals surface area contributed by atoms with E-state index in [9.17, 15) is 4.79 Å². The monoisotopic (exact) mass is 330 g/mol. The van der Waals surface area contributed by atoms with Crippen LogP contribution >= 0.6 is 0 Å². The van der Waals surface area contributed by atoms with Gasteiger partial charge in [0.15, 0.2) is 0 Å². The summed E-state index contributed by atoms with van der Waals surface area (Å²) in [5.41, 5.74) is 1.94. The molecule has 2 amide bonds. The summed E-state index contributed by atoms with van der Waals surface area (Å²) in [5.74, 6) is 0.860. The van der Waals surface area contributed by atoms with Gasteiger partial charge >= 0.3 is 6.03 Å². The summed E-state index contributed by atoms with van der Waals surface area (Å²) >= 11 is 0. The van der Waals surface area contributed by atoms with Crippen molar-refractivity contribution >= 4 is 22.8 Å². The Hall–Kier alpha value is -2.34. The number of aliphatic hydroxyl groups is 1. The van der Waals surface area contributed by atoms with Crippen molar-refractivity contribution in [2.45, 2.75) is 19.9 Å². The molecule has 1 aromatic heterocycles. The maximum absolute atomic E-state index is 12.3. The third kappa shape index (κ3) is 4.35. The van der Waals surface area contributed by atoms with Crippen LogP contribution in [-0.2, 0) is 6.54 Å². The van der Waals surface area contributed by atoms with Gasteiger partial charge in [0.1, 0.15) is 5.82 Å². The van der Waals surface area contributed by atoms with Crippen LogP contribution in [0.25, 0.3) is 10.9 Å². The molecule has 130 valence electrons. The van der Waals surface area contributed by atoms with Gasteiger partial charge in [-0.05, 0) is 24.1 Å². The third-order valence-electron chi connectivity index (χ3n) is 3.83. The maximum atomic E-state index is 12.3. The highest BCUT2D eigenvalue weighted by Crippen LogP contribution is 2.22. The third-order valence-corrected chi connectivity index (χ3v) is 3.83. The highest BCUT2D eigenvalue weighted by atomic mass is 16.3. The topological polar surface area (TPSA) is 68.7 Å². The highest BCUT2D eigenvalue weighted by molar-refractivity contribution is 5.84. The number of carbonyl (C=O) groups is 1. The molecule has 0 saturated heterocycles. The molecule has 6 heteroatoms. The molecule has 6 nitrogen and oxygen atoms in total. The number of fused-ring (bicyclic) bond motifs is 1. The lowest BCUT2D eigenvalue weighted by molar-refractivity contribution is 0.177. The van der Waals surface area contributed by atoms with Crippen LogP contribution in [0, 0.1) is 0 Å². The lowest BCUT2D eigenvalue weighted by Crippen LogP contribution is -2.41. The van der Waals surface area contributed by atoms with Crippen molar-refractivity contribution in [1.29, 1.82) is 0 Å². The van der Waals surface area contributed by atoms with E-state index >= 15 is 0 Å². The number of hydrogen-bond acceptors (Lipinski definition) is 4. The number of aromatic nitrogens is 1. The van der Waals surface area contributed by atoms with E-state index in [1.165, 1.54) is 0 Å². The van der Waals surface area contributed by atoms with E-state index in [0.29, 0.717) is 19.6 Å². The number of carbonyl (C=O) groups excluding carboxylic acids is 1. The van der Waals surface area contributed by atoms with E-state index in [-0.39, 0.29) is 12.6 Å². The second-order valence-electron chi connectivity index (χ2n) is 5.92. The quantitative estimate of drug-likeness (QED) is 0.817. The summed E-state index contributed by atoms with van der Waals surface area (Å²) in [6.45, 7) is 3.38. The van der Waals surface area contributed by atoms with Gasteiger partial charge in [0.05, 0.1) is 12.1 Å². The van der Waals surface area contributed by atoms with Gasteiger partial charge in [0.25, 0.3) is 0 Å². The molecular formula is C18H26N4O2. The Labute approximate surface area is 143 Å². The average molecular weight is 330 g/mol. The zero-order valence-electron chi connectivity index (χ0n) is 14.6. The van der Waals surface area contributed by atoms with Crippen molar-refractivity contribution in [2.75, 3.05) is 38.7 Å². The summed E-state index contributed by atoms with van der Waals surface area (Å²) < 4.78 is 0. The van der Waals surface area contributed by atoms with Crippen LogP contribution in [0.3, 0.4) is 0 Å². The number of nitrogens with one attached hydrogen (secondary N) is 1. The molecule has 0 aliphatic rings. The number of urea groups is 1. The van der Waals surface area contributed by atoms with E-state index in [4.69, 9.17) is 5.11 Å². The van der Waals surface area contributed by atoms with E-state index in [0.717, 1.165) is 28.7 Å². The molecule has 2 aromatic rings. The molecule has 0 bridgehead atoms. The fourth-order valence-electron chi connectivity index (χ4n) is 2.60. The van der Waals surface area contributed by atoms with Crippen LogP contribution < -0.4 is 10.2 Å². The average Bonchev–Trinajstić information content (AvgIpc) is 2.58. The molecule has 0 aliphatic heterocycles. The smallest absolute Gasteiger partial charge is 0.317 e. The molecule has 2 N–H and O–H groups in total. The van der Waals surface area contributed by atoms with Crippen LogP contribution in [0.2, 0.25) is 0 Å². The van der Waals surface area contributed by atoms with Crippen LogP contribution in [0.15, 0.2) is 30.3 Å². The van der Waals surface area contributed by atoms with E-state index in [2.05, 4.69) is 10.3 Å². The molecule has 1 heterocycles. The van der Waals surface area contributed by atoms with Crippen LogP contribution in [0.4, 0.5) is 10.6 Å². The predicted molar refractivity (Wildman–Crippen MR) is 97.3 cm³/mol. The Kier molecular flexibility index (Phi) is 6.37. The van der Waals surface area contributed by atoms with Crippen LogP contribution in [0.5, 0.6) is 0 Å². The van der Waals surface area contributed by atoms with Crippen molar-refractivity contribution < 1.29 is 9.90 Å². The van der Waals surface area contributed by atoms with Gasteiger partial charge in [0.2, 0.25) is 0 Å². The molecule has 0 aliphatic carbocycles. The Morgan fingerprint density at radius 3 is 2.67 bits per heavy atom. The second kappa shape index (κ2) is 8.49. The van der Waals surface area contributed by atoms with Gasteiger partial charge in [-0.2, -0.15) is 0 Å². The van der Waals surface area contributed by atoms with Crippen molar-refractivity contribution in [2.24, 2.45) is 0 Å². The zero-order chi connectivity index (χ0) is 17.5. The molecule has 0 unspecified atom stereocenters.